The van der Waals surface area contributed by atoms with Crippen LogP contribution in [0.4, 0.5) is 5.69 Å². The van der Waals surface area contributed by atoms with Crippen molar-refractivity contribution in [2.24, 2.45) is 0 Å². The van der Waals surface area contributed by atoms with E-state index in [9.17, 15) is 4.79 Å². The number of esters is 1. The Balaban J connectivity index is 1.60. The molecule has 1 saturated heterocycles. The van der Waals surface area contributed by atoms with Crippen LogP contribution in [0.3, 0.4) is 0 Å². The highest BCUT2D eigenvalue weighted by atomic mass is 16.5. The average Bonchev–Trinajstić information content (AvgIpc) is 2.53. The van der Waals surface area contributed by atoms with Crippen LogP contribution >= 0.6 is 0 Å². The number of piperidine rings is 1. The number of carbonyl (C=O) groups is 1. The van der Waals surface area contributed by atoms with Crippen LogP contribution in [0.1, 0.15) is 32.6 Å². The fourth-order valence-corrected chi connectivity index (χ4v) is 2.67. The minimum Gasteiger partial charge on any atom is -0.466 e. The lowest BCUT2D eigenvalue weighted by atomic mass is 10.0. The largest absolute Gasteiger partial charge is 0.466 e. The maximum absolute atomic E-state index is 11.2. The standard InChI is InChI=1S/C16H25N3O2/c1-2-21-16(20)4-3-9-18-14-7-12-19(13-8-14)15-5-10-17-11-6-15/h5-6,10-11,14,18H,2-4,7-9,12-13H2,1H3. The van der Waals surface area contributed by atoms with Crippen LogP contribution in [-0.2, 0) is 9.53 Å². The number of pyridine rings is 1. The first-order valence-corrected chi connectivity index (χ1v) is 7.83. The summed E-state index contributed by atoms with van der Waals surface area (Å²) in [4.78, 5) is 17.7. The van der Waals surface area contributed by atoms with Crippen LogP contribution in [0, 0.1) is 0 Å². The molecule has 1 aromatic rings. The molecule has 0 bridgehead atoms. The molecule has 2 heterocycles. The molecule has 0 atom stereocenters. The summed E-state index contributed by atoms with van der Waals surface area (Å²) in [6, 6.07) is 4.69. The van der Waals surface area contributed by atoms with E-state index < -0.39 is 0 Å². The number of rotatable bonds is 7. The topological polar surface area (TPSA) is 54.5 Å². The third-order valence-corrected chi connectivity index (χ3v) is 3.82. The van der Waals surface area contributed by atoms with E-state index in [0.717, 1.165) is 38.9 Å². The van der Waals surface area contributed by atoms with E-state index in [4.69, 9.17) is 4.74 Å². The van der Waals surface area contributed by atoms with Gasteiger partial charge in [0.15, 0.2) is 0 Å². The summed E-state index contributed by atoms with van der Waals surface area (Å²) in [5.41, 5.74) is 1.26. The zero-order valence-corrected chi connectivity index (χ0v) is 12.8. The highest BCUT2D eigenvalue weighted by Crippen LogP contribution is 2.18. The smallest absolute Gasteiger partial charge is 0.305 e. The van der Waals surface area contributed by atoms with Gasteiger partial charge in [-0.3, -0.25) is 9.78 Å². The van der Waals surface area contributed by atoms with Crippen LogP contribution in [-0.4, -0.2) is 43.2 Å². The molecule has 1 aliphatic rings. The van der Waals surface area contributed by atoms with Crippen LogP contribution in [0.2, 0.25) is 0 Å². The normalized spacial score (nSPS) is 16.0. The second-order valence-electron chi connectivity index (χ2n) is 5.33. The maximum Gasteiger partial charge on any atom is 0.305 e. The Kier molecular flexibility index (Phi) is 6.47. The van der Waals surface area contributed by atoms with Crippen molar-refractivity contribution in [1.29, 1.82) is 0 Å². The number of carbonyl (C=O) groups excluding carboxylic acids is 1. The van der Waals surface area contributed by atoms with Crippen LogP contribution in [0.25, 0.3) is 0 Å². The zero-order valence-electron chi connectivity index (χ0n) is 12.8. The lowest BCUT2D eigenvalue weighted by Crippen LogP contribution is -2.42. The third kappa shape index (κ3) is 5.34. The Labute approximate surface area is 126 Å². The van der Waals surface area contributed by atoms with Crippen molar-refractivity contribution in [3.8, 4) is 0 Å². The first-order chi connectivity index (χ1) is 10.3. The number of ether oxygens (including phenoxy) is 1. The van der Waals surface area contributed by atoms with E-state index in [2.05, 4.69) is 27.3 Å². The summed E-state index contributed by atoms with van der Waals surface area (Å²) in [6.45, 7) is 5.34. The molecule has 0 unspecified atom stereocenters. The summed E-state index contributed by atoms with van der Waals surface area (Å²) >= 11 is 0. The Morgan fingerprint density at radius 2 is 2.10 bits per heavy atom. The molecule has 1 aliphatic heterocycles. The molecule has 0 amide bonds. The molecule has 0 aromatic carbocycles. The van der Waals surface area contributed by atoms with Crippen molar-refractivity contribution in [3.63, 3.8) is 0 Å². The van der Waals surface area contributed by atoms with Crippen molar-refractivity contribution < 1.29 is 9.53 Å². The molecule has 21 heavy (non-hydrogen) atoms. The van der Waals surface area contributed by atoms with Gasteiger partial charge in [0.2, 0.25) is 0 Å². The average molecular weight is 291 g/mol. The first-order valence-electron chi connectivity index (χ1n) is 7.83. The van der Waals surface area contributed by atoms with E-state index in [1.807, 2.05) is 19.3 Å². The first kappa shape index (κ1) is 15.8. The molecule has 0 radical (unpaired) electrons. The third-order valence-electron chi connectivity index (χ3n) is 3.82. The molecule has 5 heteroatoms. The summed E-state index contributed by atoms with van der Waals surface area (Å²) < 4.78 is 4.92. The second kappa shape index (κ2) is 8.62. The predicted octanol–water partition coefficient (Wildman–Crippen LogP) is 1.98. The van der Waals surface area contributed by atoms with Gasteiger partial charge >= 0.3 is 5.97 Å². The van der Waals surface area contributed by atoms with Crippen LogP contribution in [0.15, 0.2) is 24.5 Å². The molecule has 2 rings (SSSR count). The summed E-state index contributed by atoms with van der Waals surface area (Å²) in [5.74, 6) is -0.0909. The van der Waals surface area contributed by atoms with Gasteiger partial charge in [0.25, 0.3) is 0 Å². The summed E-state index contributed by atoms with van der Waals surface area (Å²) in [5, 5.41) is 3.54. The monoisotopic (exact) mass is 291 g/mol. The molecule has 5 nitrogen and oxygen atoms in total. The molecule has 1 aromatic heterocycles. The SMILES string of the molecule is CCOC(=O)CCCNC1CCN(c2ccncc2)CC1. The van der Waals surface area contributed by atoms with Gasteiger partial charge < -0.3 is 15.0 Å². The zero-order chi connectivity index (χ0) is 14.9. The predicted molar refractivity (Wildman–Crippen MR) is 83.3 cm³/mol. The van der Waals surface area contributed by atoms with Gasteiger partial charge in [-0.05, 0) is 44.9 Å². The van der Waals surface area contributed by atoms with E-state index in [1.54, 1.807) is 0 Å². The lowest BCUT2D eigenvalue weighted by molar-refractivity contribution is -0.143. The molecular formula is C16H25N3O2. The minimum atomic E-state index is -0.0909. The van der Waals surface area contributed by atoms with Gasteiger partial charge in [-0.1, -0.05) is 0 Å². The maximum atomic E-state index is 11.2. The molecule has 0 aliphatic carbocycles. The summed E-state index contributed by atoms with van der Waals surface area (Å²) in [6.07, 6.45) is 7.33. The molecular weight excluding hydrogens is 266 g/mol. The van der Waals surface area contributed by atoms with E-state index in [0.29, 0.717) is 19.1 Å². The van der Waals surface area contributed by atoms with Crippen molar-refractivity contribution in [2.75, 3.05) is 31.1 Å². The number of aromatic nitrogens is 1. The minimum absolute atomic E-state index is 0.0909. The van der Waals surface area contributed by atoms with Gasteiger partial charge in [0.05, 0.1) is 6.61 Å². The Morgan fingerprint density at radius 3 is 2.76 bits per heavy atom. The summed E-state index contributed by atoms with van der Waals surface area (Å²) in [7, 11) is 0. The Bertz CT molecular complexity index is 417. The molecule has 0 saturated carbocycles. The van der Waals surface area contributed by atoms with Gasteiger partial charge in [-0.15, -0.1) is 0 Å². The van der Waals surface area contributed by atoms with E-state index in [-0.39, 0.29) is 5.97 Å². The van der Waals surface area contributed by atoms with Gasteiger partial charge in [-0.2, -0.15) is 0 Å². The van der Waals surface area contributed by atoms with Gasteiger partial charge in [-0.25, -0.2) is 0 Å². The fraction of sp³-hybridized carbons (Fsp3) is 0.625. The number of nitrogens with zero attached hydrogens (tertiary/aromatic N) is 2. The molecule has 0 spiro atoms. The number of hydrogen-bond donors (Lipinski definition) is 1. The Morgan fingerprint density at radius 1 is 1.38 bits per heavy atom. The number of nitrogens with one attached hydrogen (secondary N) is 1. The van der Waals surface area contributed by atoms with E-state index in [1.165, 1.54) is 5.69 Å². The number of hydrogen-bond acceptors (Lipinski definition) is 5. The van der Waals surface area contributed by atoms with Gasteiger partial charge in [0, 0.05) is 43.6 Å². The van der Waals surface area contributed by atoms with Crippen LogP contribution in [0.5, 0.6) is 0 Å². The van der Waals surface area contributed by atoms with Crippen LogP contribution < -0.4 is 10.2 Å². The highest BCUT2D eigenvalue weighted by molar-refractivity contribution is 5.69. The quantitative estimate of drug-likeness (QED) is 0.615. The van der Waals surface area contributed by atoms with E-state index >= 15 is 0 Å². The highest BCUT2D eigenvalue weighted by Gasteiger charge is 2.18. The lowest BCUT2D eigenvalue weighted by Gasteiger charge is -2.34. The van der Waals surface area contributed by atoms with Crippen molar-refractivity contribution >= 4 is 11.7 Å². The fourth-order valence-electron chi connectivity index (χ4n) is 2.67. The number of anilines is 1. The Hall–Kier alpha value is -1.62. The van der Waals surface area contributed by atoms with Crippen molar-refractivity contribution in [1.82, 2.24) is 10.3 Å². The molecule has 1 N–H and O–H groups in total. The molecule has 1 fully saturated rings. The second-order valence-corrected chi connectivity index (χ2v) is 5.33. The molecule has 116 valence electrons. The van der Waals surface area contributed by atoms with Crippen molar-refractivity contribution in [2.45, 2.75) is 38.6 Å². The van der Waals surface area contributed by atoms with Crippen molar-refractivity contribution in [3.05, 3.63) is 24.5 Å². The van der Waals surface area contributed by atoms with Gasteiger partial charge in [0.1, 0.15) is 0 Å².